The molecule has 3 aromatic rings. The van der Waals surface area contributed by atoms with Gasteiger partial charge in [-0.1, -0.05) is 53.5 Å². The van der Waals surface area contributed by atoms with Gasteiger partial charge in [-0.05, 0) is 49.2 Å². The molecule has 0 bridgehead atoms. The first-order valence-electron chi connectivity index (χ1n) is 9.50. The third-order valence-corrected chi connectivity index (χ3v) is 5.63. The van der Waals surface area contributed by atoms with Gasteiger partial charge in [-0.3, -0.25) is 10.1 Å². The lowest BCUT2D eigenvalue weighted by molar-refractivity contribution is -0.111. The Morgan fingerprint density at radius 1 is 1.17 bits per heavy atom. The molecule has 0 aliphatic rings. The van der Waals surface area contributed by atoms with Crippen molar-refractivity contribution < 1.29 is 9.53 Å². The standard InChI is InChI=1S/C23H23BrN2O2S/c1-3-4-15-28-20-12-5-17(6-13-20)7-14-21(27)25-23-26-22(16(2)29-23)18-8-10-19(24)11-9-18/h5-14H,3-4,15H2,1-2H3,(H,25,26,27)/b14-7+. The smallest absolute Gasteiger partial charge is 0.250 e. The van der Waals surface area contributed by atoms with Crippen LogP contribution in [-0.2, 0) is 4.79 Å². The number of nitrogens with one attached hydrogen (secondary N) is 1. The summed E-state index contributed by atoms with van der Waals surface area (Å²) in [6.45, 7) is 4.87. The summed E-state index contributed by atoms with van der Waals surface area (Å²) in [6.07, 6.45) is 5.45. The number of rotatable bonds is 8. The Balaban J connectivity index is 1.59. The number of aryl methyl sites for hydroxylation is 1. The Hall–Kier alpha value is -2.44. The molecule has 3 rings (SSSR count). The number of benzene rings is 2. The molecule has 0 saturated carbocycles. The summed E-state index contributed by atoms with van der Waals surface area (Å²) in [5.41, 5.74) is 2.86. The highest BCUT2D eigenvalue weighted by Crippen LogP contribution is 2.31. The summed E-state index contributed by atoms with van der Waals surface area (Å²) in [5, 5.41) is 3.44. The Labute approximate surface area is 183 Å². The van der Waals surface area contributed by atoms with E-state index in [1.165, 1.54) is 17.4 Å². The highest BCUT2D eigenvalue weighted by Gasteiger charge is 2.11. The minimum atomic E-state index is -0.204. The molecule has 2 aromatic carbocycles. The molecule has 4 nitrogen and oxygen atoms in total. The Bertz CT molecular complexity index is 979. The SMILES string of the molecule is CCCCOc1ccc(/C=C/C(=O)Nc2nc(-c3ccc(Br)cc3)c(C)s2)cc1. The van der Waals surface area contributed by atoms with Gasteiger partial charge in [-0.15, -0.1) is 11.3 Å². The first-order chi connectivity index (χ1) is 14.0. The number of carbonyl (C=O) groups is 1. The second-order valence-corrected chi connectivity index (χ2v) is 8.64. The van der Waals surface area contributed by atoms with Crippen molar-refractivity contribution in [3.8, 4) is 17.0 Å². The molecule has 0 radical (unpaired) electrons. The van der Waals surface area contributed by atoms with Crippen molar-refractivity contribution >= 4 is 44.4 Å². The first-order valence-corrected chi connectivity index (χ1v) is 11.1. The molecule has 0 saturated heterocycles. The van der Waals surface area contributed by atoms with Gasteiger partial charge in [0.25, 0.3) is 0 Å². The van der Waals surface area contributed by atoms with Crippen LogP contribution in [0.4, 0.5) is 5.13 Å². The Kier molecular flexibility index (Phi) is 7.61. The summed E-state index contributed by atoms with van der Waals surface area (Å²) in [7, 11) is 0. The van der Waals surface area contributed by atoms with Crippen molar-refractivity contribution in [3.05, 3.63) is 69.5 Å². The molecular weight excluding hydrogens is 448 g/mol. The van der Waals surface area contributed by atoms with Gasteiger partial charge in [-0.25, -0.2) is 4.98 Å². The van der Waals surface area contributed by atoms with Crippen molar-refractivity contribution in [1.82, 2.24) is 4.98 Å². The van der Waals surface area contributed by atoms with E-state index < -0.39 is 0 Å². The van der Waals surface area contributed by atoms with Crippen LogP contribution in [0, 0.1) is 6.92 Å². The zero-order chi connectivity index (χ0) is 20.6. The summed E-state index contributed by atoms with van der Waals surface area (Å²) < 4.78 is 6.67. The van der Waals surface area contributed by atoms with Gasteiger partial charge in [0.2, 0.25) is 5.91 Å². The Morgan fingerprint density at radius 2 is 1.90 bits per heavy atom. The fourth-order valence-electron chi connectivity index (χ4n) is 2.65. The maximum absolute atomic E-state index is 12.3. The van der Waals surface area contributed by atoms with Crippen LogP contribution in [-0.4, -0.2) is 17.5 Å². The van der Waals surface area contributed by atoms with Crippen molar-refractivity contribution in [2.45, 2.75) is 26.7 Å². The average Bonchev–Trinajstić information content (AvgIpc) is 3.08. The molecule has 0 atom stereocenters. The first kappa shape index (κ1) is 21.3. The van der Waals surface area contributed by atoms with E-state index in [0.29, 0.717) is 5.13 Å². The normalized spacial score (nSPS) is 11.0. The second kappa shape index (κ2) is 10.4. The molecule has 6 heteroatoms. The van der Waals surface area contributed by atoms with Crippen molar-refractivity contribution in [2.75, 3.05) is 11.9 Å². The van der Waals surface area contributed by atoms with Crippen LogP contribution < -0.4 is 10.1 Å². The monoisotopic (exact) mass is 470 g/mol. The Morgan fingerprint density at radius 3 is 2.59 bits per heavy atom. The van der Waals surface area contributed by atoms with Crippen molar-refractivity contribution in [3.63, 3.8) is 0 Å². The minimum Gasteiger partial charge on any atom is -0.494 e. The molecule has 1 N–H and O–H groups in total. The van der Waals surface area contributed by atoms with Gasteiger partial charge < -0.3 is 4.74 Å². The number of halogens is 1. The van der Waals surface area contributed by atoms with Crippen LogP contribution >= 0.6 is 27.3 Å². The molecule has 1 amide bonds. The lowest BCUT2D eigenvalue weighted by atomic mass is 10.1. The third-order valence-electron chi connectivity index (χ3n) is 4.22. The van der Waals surface area contributed by atoms with Crippen LogP contribution in [0.1, 0.15) is 30.2 Å². The summed E-state index contributed by atoms with van der Waals surface area (Å²) in [6, 6.07) is 15.7. The molecule has 0 unspecified atom stereocenters. The number of amides is 1. The second-order valence-electron chi connectivity index (χ2n) is 6.52. The lowest BCUT2D eigenvalue weighted by Gasteiger charge is -2.05. The maximum atomic E-state index is 12.3. The van der Waals surface area contributed by atoms with E-state index in [4.69, 9.17) is 4.74 Å². The largest absolute Gasteiger partial charge is 0.494 e. The molecule has 0 aliphatic carbocycles. The topological polar surface area (TPSA) is 51.2 Å². The number of ether oxygens (including phenoxy) is 1. The fraction of sp³-hybridized carbons (Fsp3) is 0.217. The molecule has 1 aromatic heterocycles. The number of anilines is 1. The fourth-order valence-corrected chi connectivity index (χ4v) is 3.76. The highest BCUT2D eigenvalue weighted by molar-refractivity contribution is 9.10. The summed E-state index contributed by atoms with van der Waals surface area (Å²) in [5.74, 6) is 0.642. The molecule has 150 valence electrons. The quantitative estimate of drug-likeness (QED) is 0.293. The van der Waals surface area contributed by atoms with E-state index in [1.54, 1.807) is 6.08 Å². The third kappa shape index (κ3) is 6.27. The van der Waals surface area contributed by atoms with Crippen LogP contribution in [0.25, 0.3) is 17.3 Å². The summed E-state index contributed by atoms with van der Waals surface area (Å²) >= 11 is 4.91. The lowest BCUT2D eigenvalue weighted by Crippen LogP contribution is -2.07. The van der Waals surface area contributed by atoms with E-state index in [9.17, 15) is 4.79 Å². The molecule has 0 fully saturated rings. The molecule has 0 aliphatic heterocycles. The zero-order valence-corrected chi connectivity index (χ0v) is 18.8. The van der Waals surface area contributed by atoms with E-state index in [2.05, 4.69) is 33.2 Å². The van der Waals surface area contributed by atoms with Crippen LogP contribution in [0.5, 0.6) is 5.75 Å². The van der Waals surface area contributed by atoms with Gasteiger partial charge in [0.1, 0.15) is 5.75 Å². The number of carbonyl (C=O) groups excluding carboxylic acids is 1. The van der Waals surface area contributed by atoms with Gasteiger partial charge in [0.15, 0.2) is 5.13 Å². The highest BCUT2D eigenvalue weighted by atomic mass is 79.9. The molecule has 29 heavy (non-hydrogen) atoms. The molecule has 1 heterocycles. The predicted molar refractivity (Wildman–Crippen MR) is 124 cm³/mol. The number of aromatic nitrogens is 1. The minimum absolute atomic E-state index is 0.204. The van der Waals surface area contributed by atoms with Crippen LogP contribution in [0.15, 0.2) is 59.1 Å². The number of thiazole rings is 1. The van der Waals surface area contributed by atoms with Gasteiger partial charge in [0, 0.05) is 21.0 Å². The van der Waals surface area contributed by atoms with Gasteiger partial charge in [0.05, 0.1) is 12.3 Å². The van der Waals surface area contributed by atoms with E-state index in [-0.39, 0.29) is 5.91 Å². The average molecular weight is 471 g/mol. The van der Waals surface area contributed by atoms with Crippen molar-refractivity contribution in [2.24, 2.45) is 0 Å². The molecular formula is C23H23BrN2O2S. The predicted octanol–water partition coefficient (Wildman–Crippen LogP) is 6.71. The van der Waals surface area contributed by atoms with Crippen molar-refractivity contribution in [1.29, 1.82) is 0 Å². The van der Waals surface area contributed by atoms with Gasteiger partial charge >= 0.3 is 0 Å². The van der Waals surface area contributed by atoms with E-state index in [0.717, 1.165) is 51.4 Å². The van der Waals surface area contributed by atoms with Gasteiger partial charge in [-0.2, -0.15) is 0 Å². The number of unbranched alkanes of at least 4 members (excludes halogenated alkanes) is 1. The van der Waals surface area contributed by atoms with Crippen LogP contribution in [0.2, 0.25) is 0 Å². The number of nitrogens with zero attached hydrogens (tertiary/aromatic N) is 1. The van der Waals surface area contributed by atoms with E-state index in [1.807, 2.05) is 55.5 Å². The maximum Gasteiger partial charge on any atom is 0.250 e. The van der Waals surface area contributed by atoms with Crippen LogP contribution in [0.3, 0.4) is 0 Å². The summed E-state index contributed by atoms with van der Waals surface area (Å²) in [4.78, 5) is 17.9. The molecule has 0 spiro atoms. The number of hydrogen-bond acceptors (Lipinski definition) is 4. The zero-order valence-electron chi connectivity index (χ0n) is 16.4. The van der Waals surface area contributed by atoms with E-state index >= 15 is 0 Å². The number of hydrogen-bond donors (Lipinski definition) is 1.